The molecule has 0 saturated heterocycles. The van der Waals surface area contributed by atoms with Gasteiger partial charge in [-0.3, -0.25) is 0 Å². The second kappa shape index (κ2) is 16.5. The maximum Gasteiger partial charge on any atom is 0.0784 e. The van der Waals surface area contributed by atoms with Crippen molar-refractivity contribution in [2.45, 2.75) is 53.1 Å². The number of fused-ring (bicyclic) bond motifs is 9. The van der Waals surface area contributed by atoms with Crippen LogP contribution in [0.2, 0.25) is 39.3 Å². The first-order valence-corrected chi connectivity index (χ1v) is 32.8. The second-order valence-corrected chi connectivity index (χ2v) is 32.4. The fourth-order valence-corrected chi connectivity index (χ4v) is 15.9. The van der Waals surface area contributed by atoms with E-state index in [1.54, 1.807) is 0 Å². The van der Waals surface area contributed by atoms with Gasteiger partial charge in [0.25, 0.3) is 0 Å². The Morgan fingerprint density at radius 3 is 0.778 bits per heavy atom. The molecule has 0 atom stereocenters. The number of benzene rings is 13. The van der Waals surface area contributed by atoms with Crippen LogP contribution in [0.3, 0.4) is 0 Å². The predicted octanol–water partition coefficient (Wildman–Crippen LogP) is 19.3. The SMILES string of the molecule is Cc1c(C)c2cc(-c3c4ccccc4c(-c4ccc([Si](C)(C)C)c5ccccc45)c4ccccc34)ccc2c2ccc(-c3c4ccccc4c(-c4ccc([Si](C)(C)C)c5ccccc45)c4ccccc34)cc12. The van der Waals surface area contributed by atoms with Gasteiger partial charge in [-0.15, -0.1) is 0 Å². The first kappa shape index (κ1) is 44.3. The van der Waals surface area contributed by atoms with Gasteiger partial charge in [0.2, 0.25) is 0 Å². The summed E-state index contributed by atoms with van der Waals surface area (Å²) >= 11 is 0. The Kier molecular flexibility index (Phi) is 10.1. The number of hydrogen-bond acceptors (Lipinski definition) is 0. The first-order valence-electron chi connectivity index (χ1n) is 25.8. The Morgan fingerprint density at radius 1 is 0.222 bits per heavy atom. The molecule has 0 aliphatic carbocycles. The van der Waals surface area contributed by atoms with Gasteiger partial charge in [0.1, 0.15) is 0 Å². The van der Waals surface area contributed by atoms with Crippen LogP contribution in [0.15, 0.2) is 206 Å². The van der Waals surface area contributed by atoms with Crippen molar-refractivity contribution < 1.29 is 0 Å². The molecule has 2 heteroatoms. The van der Waals surface area contributed by atoms with Gasteiger partial charge in [-0.05, 0) is 168 Å². The molecule has 0 N–H and O–H groups in total. The van der Waals surface area contributed by atoms with E-state index < -0.39 is 16.1 Å². The van der Waals surface area contributed by atoms with Gasteiger partial charge >= 0.3 is 0 Å². The summed E-state index contributed by atoms with van der Waals surface area (Å²) in [6.07, 6.45) is 0. The van der Waals surface area contributed by atoms with E-state index >= 15 is 0 Å². The van der Waals surface area contributed by atoms with Crippen LogP contribution in [0.1, 0.15) is 11.1 Å². The molecule has 0 spiro atoms. The zero-order chi connectivity index (χ0) is 49.2. The molecule has 72 heavy (non-hydrogen) atoms. The lowest BCUT2D eigenvalue weighted by Gasteiger charge is -2.23. The highest BCUT2D eigenvalue weighted by atomic mass is 28.3. The largest absolute Gasteiger partial charge is 0.0784 e. The molecule has 0 nitrogen and oxygen atoms in total. The van der Waals surface area contributed by atoms with E-state index in [0.29, 0.717) is 0 Å². The topological polar surface area (TPSA) is 0 Å². The number of rotatable bonds is 6. The Bertz CT molecular complexity index is 4030. The smallest absolute Gasteiger partial charge is 0.0656 e. The fourth-order valence-electron chi connectivity index (χ4n) is 12.7. The zero-order valence-electron chi connectivity index (χ0n) is 42.6. The third kappa shape index (κ3) is 6.76. The molecule has 0 aliphatic rings. The summed E-state index contributed by atoms with van der Waals surface area (Å²) in [4.78, 5) is 0. The minimum Gasteiger partial charge on any atom is -0.0656 e. The van der Waals surface area contributed by atoms with Crippen LogP contribution in [0.5, 0.6) is 0 Å². The minimum atomic E-state index is -1.59. The van der Waals surface area contributed by atoms with Crippen molar-refractivity contribution in [2.24, 2.45) is 0 Å². The van der Waals surface area contributed by atoms with E-state index in [0.717, 1.165) is 0 Å². The van der Waals surface area contributed by atoms with Gasteiger partial charge in [-0.25, -0.2) is 0 Å². The summed E-state index contributed by atoms with van der Waals surface area (Å²) in [6, 6.07) is 78.9. The van der Waals surface area contributed by atoms with Gasteiger partial charge in [-0.1, -0.05) is 244 Å². The molecule has 0 radical (unpaired) electrons. The average Bonchev–Trinajstić information content (AvgIpc) is 3.39. The van der Waals surface area contributed by atoms with Crippen LogP contribution in [-0.2, 0) is 0 Å². The van der Waals surface area contributed by atoms with Crippen LogP contribution in [0.4, 0.5) is 0 Å². The number of aryl methyl sites for hydroxylation is 2. The third-order valence-corrected chi connectivity index (χ3v) is 20.2. The molecule has 0 heterocycles. The number of hydrogen-bond donors (Lipinski definition) is 0. The molecule has 13 aromatic rings. The lowest BCUT2D eigenvalue weighted by atomic mass is 9.83. The highest BCUT2D eigenvalue weighted by molar-refractivity contribution is 6.91. The lowest BCUT2D eigenvalue weighted by Crippen LogP contribution is -2.38. The van der Waals surface area contributed by atoms with E-state index in [4.69, 9.17) is 0 Å². The summed E-state index contributed by atoms with van der Waals surface area (Å²) in [5.74, 6) is 0. The molecule has 0 bridgehead atoms. The summed E-state index contributed by atoms with van der Waals surface area (Å²) in [5, 5.41) is 24.0. The van der Waals surface area contributed by atoms with Gasteiger partial charge < -0.3 is 0 Å². The van der Waals surface area contributed by atoms with Crippen molar-refractivity contribution in [1.29, 1.82) is 0 Å². The quantitative estimate of drug-likeness (QED) is 0.0885. The van der Waals surface area contributed by atoms with Crippen molar-refractivity contribution >= 4 is 113 Å². The van der Waals surface area contributed by atoms with E-state index in [-0.39, 0.29) is 0 Å². The first-order chi connectivity index (χ1) is 34.9. The molecule has 346 valence electrons. The Balaban J connectivity index is 0.996. The van der Waals surface area contributed by atoms with Crippen LogP contribution in [-0.4, -0.2) is 16.1 Å². The average molecular weight is 955 g/mol. The highest BCUT2D eigenvalue weighted by Crippen LogP contribution is 2.49. The van der Waals surface area contributed by atoms with Crippen LogP contribution in [0, 0.1) is 13.8 Å². The van der Waals surface area contributed by atoms with Gasteiger partial charge in [0.15, 0.2) is 0 Å². The molecular formula is C70H58Si2. The third-order valence-electron chi connectivity index (χ3n) is 16.1. The molecule has 0 fully saturated rings. The van der Waals surface area contributed by atoms with Crippen molar-refractivity contribution in [3.63, 3.8) is 0 Å². The van der Waals surface area contributed by atoms with E-state index in [9.17, 15) is 0 Å². The second-order valence-electron chi connectivity index (χ2n) is 22.4. The summed E-state index contributed by atoms with van der Waals surface area (Å²) in [5.41, 5.74) is 13.0. The molecule has 0 aromatic heterocycles. The van der Waals surface area contributed by atoms with E-state index in [2.05, 4.69) is 259 Å². The van der Waals surface area contributed by atoms with Crippen LogP contribution < -0.4 is 10.4 Å². The molecule has 13 rings (SSSR count). The normalized spacial score (nSPS) is 12.4. The lowest BCUT2D eigenvalue weighted by molar-refractivity contribution is 1.41. The molecule has 0 saturated carbocycles. The van der Waals surface area contributed by atoms with E-state index in [1.165, 1.54) is 152 Å². The standard InChI is InChI=1S/C70H58Si2/c1-43-44(2)64-42-46(68-55-27-15-19-31-59(55)70(60-32-20-16-28-56(60)68)62-38-40-66(72(6,7)8)52-24-12-10-22-48(52)62)34-36-50(64)49-35-33-45(41-63(43)49)67-53-25-13-17-29-57(53)69(58-30-18-14-26-54(58)67)61-37-39-65(71(3,4)5)51-23-11-9-21-47(51)61/h9-42H,1-8H3. The van der Waals surface area contributed by atoms with Crippen molar-refractivity contribution in [3.05, 3.63) is 217 Å². The van der Waals surface area contributed by atoms with Crippen LogP contribution in [0.25, 0.3) is 131 Å². The molecule has 13 aromatic carbocycles. The molecule has 0 unspecified atom stereocenters. The fraction of sp³-hybridized carbons (Fsp3) is 0.114. The van der Waals surface area contributed by atoms with Gasteiger partial charge in [-0.2, -0.15) is 0 Å². The molecular weight excluding hydrogens is 897 g/mol. The zero-order valence-corrected chi connectivity index (χ0v) is 44.6. The Hall–Kier alpha value is -7.63. The van der Waals surface area contributed by atoms with Crippen molar-refractivity contribution in [3.8, 4) is 44.5 Å². The Morgan fingerprint density at radius 2 is 0.486 bits per heavy atom. The van der Waals surface area contributed by atoms with Crippen molar-refractivity contribution in [2.75, 3.05) is 0 Å². The minimum absolute atomic E-state index is 1.25. The predicted molar refractivity (Wildman–Crippen MR) is 324 cm³/mol. The Labute approximate surface area is 425 Å². The maximum atomic E-state index is 2.48. The van der Waals surface area contributed by atoms with E-state index in [1.807, 2.05) is 0 Å². The summed E-state index contributed by atoms with van der Waals surface area (Å²) in [7, 11) is -3.19. The molecule has 0 aliphatic heterocycles. The van der Waals surface area contributed by atoms with Crippen LogP contribution >= 0.6 is 0 Å². The van der Waals surface area contributed by atoms with Crippen molar-refractivity contribution in [1.82, 2.24) is 0 Å². The summed E-state index contributed by atoms with van der Waals surface area (Å²) < 4.78 is 0. The summed E-state index contributed by atoms with van der Waals surface area (Å²) in [6.45, 7) is 19.4. The van der Waals surface area contributed by atoms with Gasteiger partial charge in [0, 0.05) is 0 Å². The maximum absolute atomic E-state index is 2.48. The molecule has 0 amide bonds. The van der Waals surface area contributed by atoms with Gasteiger partial charge in [0.05, 0.1) is 16.1 Å². The highest BCUT2D eigenvalue weighted by Gasteiger charge is 2.26. The monoisotopic (exact) mass is 954 g/mol.